The van der Waals surface area contributed by atoms with Crippen molar-refractivity contribution < 1.29 is 0 Å². The van der Waals surface area contributed by atoms with E-state index < -0.39 is 0 Å². The van der Waals surface area contributed by atoms with Crippen LogP contribution in [0.25, 0.3) is 0 Å². The maximum Gasteiger partial charge on any atom is 0.123 e. The third-order valence-electron chi connectivity index (χ3n) is 2.26. The van der Waals surface area contributed by atoms with Crippen molar-refractivity contribution in [2.75, 3.05) is 5.73 Å². The molecule has 2 heterocycles. The van der Waals surface area contributed by atoms with Gasteiger partial charge in [-0.15, -0.1) is 11.3 Å². The average molecular weight is 298 g/mol. The summed E-state index contributed by atoms with van der Waals surface area (Å²) in [6, 6.07) is 7.88. The first-order valence-electron chi connectivity index (χ1n) is 4.86. The number of halogens is 1. The molecule has 0 aliphatic rings. The van der Waals surface area contributed by atoms with Crippen molar-refractivity contribution in [1.82, 2.24) is 4.98 Å². The highest BCUT2D eigenvalue weighted by atomic mass is 79.9. The van der Waals surface area contributed by atoms with E-state index in [1.807, 2.05) is 24.3 Å². The number of hydrogen-bond acceptors (Lipinski definition) is 4. The van der Waals surface area contributed by atoms with Crippen molar-refractivity contribution in [2.45, 2.75) is 12.5 Å². The predicted molar refractivity (Wildman–Crippen MR) is 71.3 cm³/mol. The summed E-state index contributed by atoms with van der Waals surface area (Å²) in [7, 11) is 0. The summed E-state index contributed by atoms with van der Waals surface area (Å²) in [4.78, 5) is 5.12. The highest BCUT2D eigenvalue weighted by Gasteiger charge is 2.09. The molecule has 3 nitrogen and oxygen atoms in total. The van der Waals surface area contributed by atoms with E-state index in [0.29, 0.717) is 5.82 Å². The van der Waals surface area contributed by atoms with Gasteiger partial charge in [0.2, 0.25) is 0 Å². The monoisotopic (exact) mass is 297 g/mol. The van der Waals surface area contributed by atoms with Gasteiger partial charge in [0.25, 0.3) is 0 Å². The summed E-state index contributed by atoms with van der Waals surface area (Å²) >= 11 is 5.09. The molecule has 0 aromatic carbocycles. The fourth-order valence-electron chi connectivity index (χ4n) is 1.50. The highest BCUT2D eigenvalue weighted by Crippen LogP contribution is 2.27. The molecule has 2 aromatic rings. The van der Waals surface area contributed by atoms with Gasteiger partial charge in [-0.1, -0.05) is 0 Å². The van der Waals surface area contributed by atoms with Crippen LogP contribution in [0.1, 0.15) is 16.5 Å². The zero-order chi connectivity index (χ0) is 11.5. The summed E-state index contributed by atoms with van der Waals surface area (Å²) in [6.45, 7) is 0. The van der Waals surface area contributed by atoms with Gasteiger partial charge in [-0.25, -0.2) is 4.98 Å². The fraction of sp³-hybridized carbons (Fsp3) is 0.182. The number of thiophene rings is 1. The van der Waals surface area contributed by atoms with Gasteiger partial charge in [-0.2, -0.15) is 0 Å². The van der Waals surface area contributed by atoms with E-state index in [1.54, 1.807) is 17.5 Å². The maximum absolute atomic E-state index is 6.12. The molecule has 0 saturated heterocycles. The molecule has 84 valence electrons. The van der Waals surface area contributed by atoms with E-state index in [0.717, 1.165) is 15.8 Å². The second-order valence-corrected chi connectivity index (χ2v) is 6.04. The number of hydrogen-bond donors (Lipinski definition) is 2. The van der Waals surface area contributed by atoms with Crippen LogP contribution in [0, 0.1) is 0 Å². The molecular weight excluding hydrogens is 286 g/mol. The third-order valence-corrected chi connectivity index (χ3v) is 4.02. The normalized spacial score (nSPS) is 12.6. The number of rotatable bonds is 3. The van der Waals surface area contributed by atoms with Crippen LogP contribution in [0.3, 0.4) is 0 Å². The quantitative estimate of drug-likeness (QED) is 0.915. The molecule has 2 rings (SSSR count). The van der Waals surface area contributed by atoms with E-state index in [9.17, 15) is 0 Å². The number of aromatic nitrogens is 1. The number of nitrogens with zero attached hydrogens (tertiary/aromatic N) is 1. The van der Waals surface area contributed by atoms with Crippen molar-refractivity contribution in [3.8, 4) is 0 Å². The first kappa shape index (κ1) is 11.6. The van der Waals surface area contributed by atoms with E-state index >= 15 is 0 Å². The van der Waals surface area contributed by atoms with Gasteiger partial charge < -0.3 is 11.5 Å². The zero-order valence-corrected chi connectivity index (χ0v) is 11.0. The lowest BCUT2D eigenvalue weighted by Gasteiger charge is -2.09. The Kier molecular flexibility index (Phi) is 3.58. The molecule has 0 bridgehead atoms. The summed E-state index contributed by atoms with van der Waals surface area (Å²) in [5.41, 5.74) is 12.9. The predicted octanol–water partition coefficient (Wildman–Crippen LogP) is 2.73. The second kappa shape index (κ2) is 4.95. The first-order valence-corrected chi connectivity index (χ1v) is 6.47. The summed E-state index contributed by atoms with van der Waals surface area (Å²) in [5.74, 6) is 0.539. The topological polar surface area (TPSA) is 64.9 Å². The molecular formula is C11H12BrN3S. The van der Waals surface area contributed by atoms with Gasteiger partial charge in [-0.3, -0.25) is 0 Å². The van der Waals surface area contributed by atoms with Gasteiger partial charge in [0, 0.05) is 17.1 Å². The lowest BCUT2D eigenvalue weighted by Crippen LogP contribution is -2.12. The standard InChI is InChI=1S/C11H12BrN3S/c12-10-2-1-9(16-10)8(13)5-7-3-4-15-11(14)6-7/h1-4,6,8H,5,13H2,(H2,14,15). The van der Waals surface area contributed by atoms with Crippen LogP contribution >= 0.6 is 27.3 Å². The van der Waals surface area contributed by atoms with Crippen LogP contribution in [0.4, 0.5) is 5.82 Å². The Bertz CT molecular complexity index is 484. The maximum atomic E-state index is 6.12. The molecule has 2 aromatic heterocycles. The van der Waals surface area contributed by atoms with Crippen molar-refractivity contribution >= 4 is 33.1 Å². The minimum atomic E-state index is 0.0121. The van der Waals surface area contributed by atoms with Gasteiger partial charge in [0.15, 0.2) is 0 Å². The number of nitrogens with two attached hydrogens (primary N) is 2. The lowest BCUT2D eigenvalue weighted by molar-refractivity contribution is 0.736. The lowest BCUT2D eigenvalue weighted by atomic mass is 10.1. The van der Waals surface area contributed by atoms with Crippen molar-refractivity contribution in [1.29, 1.82) is 0 Å². The number of pyridine rings is 1. The SMILES string of the molecule is Nc1cc(CC(N)c2ccc(Br)s2)ccn1. The Balaban J connectivity index is 2.10. The minimum absolute atomic E-state index is 0.0121. The Hall–Kier alpha value is -0.910. The molecule has 0 radical (unpaired) electrons. The van der Waals surface area contributed by atoms with Crippen LogP contribution in [0.15, 0.2) is 34.2 Å². The molecule has 1 atom stereocenters. The summed E-state index contributed by atoms with van der Waals surface area (Å²) in [5, 5.41) is 0. The molecule has 0 aliphatic heterocycles. The Morgan fingerprint density at radius 1 is 1.38 bits per heavy atom. The Morgan fingerprint density at radius 2 is 2.19 bits per heavy atom. The van der Waals surface area contributed by atoms with Gasteiger partial charge in [-0.05, 0) is 52.2 Å². The van der Waals surface area contributed by atoms with Crippen LogP contribution in [0.2, 0.25) is 0 Å². The van der Waals surface area contributed by atoms with Crippen LogP contribution < -0.4 is 11.5 Å². The second-order valence-electron chi connectivity index (χ2n) is 3.54. The van der Waals surface area contributed by atoms with E-state index in [4.69, 9.17) is 11.5 Å². The van der Waals surface area contributed by atoms with Crippen molar-refractivity contribution in [2.24, 2.45) is 5.73 Å². The molecule has 0 spiro atoms. The van der Waals surface area contributed by atoms with E-state index in [-0.39, 0.29) is 6.04 Å². The Labute approximate surface area is 107 Å². The first-order chi connectivity index (χ1) is 7.65. The molecule has 0 saturated carbocycles. The van der Waals surface area contributed by atoms with Crippen LogP contribution in [-0.4, -0.2) is 4.98 Å². The molecule has 0 aliphatic carbocycles. The average Bonchev–Trinajstić information content (AvgIpc) is 2.65. The largest absolute Gasteiger partial charge is 0.384 e. The minimum Gasteiger partial charge on any atom is -0.384 e. The molecule has 16 heavy (non-hydrogen) atoms. The fourth-order valence-corrected chi connectivity index (χ4v) is 2.93. The van der Waals surface area contributed by atoms with Crippen molar-refractivity contribution in [3.63, 3.8) is 0 Å². The van der Waals surface area contributed by atoms with Crippen molar-refractivity contribution in [3.05, 3.63) is 44.7 Å². The van der Waals surface area contributed by atoms with E-state index in [1.165, 1.54) is 4.88 Å². The van der Waals surface area contributed by atoms with Crippen LogP contribution in [0.5, 0.6) is 0 Å². The molecule has 0 amide bonds. The molecule has 1 unspecified atom stereocenters. The van der Waals surface area contributed by atoms with Gasteiger partial charge in [0.05, 0.1) is 3.79 Å². The highest BCUT2D eigenvalue weighted by molar-refractivity contribution is 9.11. The summed E-state index contributed by atoms with van der Waals surface area (Å²) in [6.07, 6.45) is 2.49. The van der Waals surface area contributed by atoms with Gasteiger partial charge >= 0.3 is 0 Å². The van der Waals surface area contributed by atoms with Crippen LogP contribution in [-0.2, 0) is 6.42 Å². The smallest absolute Gasteiger partial charge is 0.123 e. The molecule has 5 heteroatoms. The Morgan fingerprint density at radius 3 is 2.81 bits per heavy atom. The third kappa shape index (κ3) is 2.81. The van der Waals surface area contributed by atoms with Gasteiger partial charge in [0.1, 0.15) is 5.82 Å². The number of anilines is 1. The molecule has 0 fully saturated rings. The number of nitrogen functional groups attached to an aromatic ring is 1. The molecule has 4 N–H and O–H groups in total. The summed E-state index contributed by atoms with van der Waals surface area (Å²) < 4.78 is 1.10. The zero-order valence-electron chi connectivity index (χ0n) is 8.56. The van der Waals surface area contributed by atoms with E-state index in [2.05, 4.69) is 20.9 Å².